The lowest BCUT2D eigenvalue weighted by molar-refractivity contribution is 0.572. The maximum atomic E-state index is 4.66. The van der Waals surface area contributed by atoms with E-state index >= 15 is 0 Å². The van der Waals surface area contributed by atoms with Gasteiger partial charge in [-0.3, -0.25) is 0 Å². The predicted octanol–water partition coefficient (Wildman–Crippen LogP) is 3.18. The van der Waals surface area contributed by atoms with E-state index in [1.165, 1.54) is 0 Å². The molecule has 0 unspecified atom stereocenters. The zero-order valence-electron chi connectivity index (χ0n) is 12.1. The largest absolute Gasteiger partial charge is 0.349 e. The molecule has 0 bridgehead atoms. The smallest absolute Gasteiger partial charge is 0.214 e. The minimum atomic E-state index is 0.0808. The molecule has 2 aromatic heterocycles. The standard InChI is InChI=1S/C13H22N4S/c1-9(2)7-16(6)12-15-17-8-10(13(3,4)5)14-11(17)18-12/h8-9H,7H2,1-6H3. The average molecular weight is 266 g/mol. The van der Waals surface area contributed by atoms with Crippen molar-refractivity contribution in [2.24, 2.45) is 5.92 Å². The first-order chi connectivity index (χ1) is 8.27. The van der Waals surface area contributed by atoms with Crippen molar-refractivity contribution in [1.29, 1.82) is 0 Å². The maximum absolute atomic E-state index is 4.66. The van der Waals surface area contributed by atoms with Gasteiger partial charge in [0.1, 0.15) is 0 Å². The van der Waals surface area contributed by atoms with Gasteiger partial charge in [0.05, 0.1) is 11.9 Å². The zero-order chi connectivity index (χ0) is 13.5. The molecule has 0 N–H and O–H groups in total. The van der Waals surface area contributed by atoms with Gasteiger partial charge in [-0.15, -0.1) is 5.10 Å². The van der Waals surface area contributed by atoms with E-state index in [2.05, 4.69) is 56.6 Å². The average Bonchev–Trinajstić information content (AvgIpc) is 2.70. The summed E-state index contributed by atoms with van der Waals surface area (Å²) in [6.07, 6.45) is 2.04. The first-order valence-electron chi connectivity index (χ1n) is 6.35. The van der Waals surface area contributed by atoms with Crippen molar-refractivity contribution in [2.75, 3.05) is 18.5 Å². The highest BCUT2D eigenvalue weighted by atomic mass is 32.1. The van der Waals surface area contributed by atoms with Crippen LogP contribution in [0, 0.1) is 5.92 Å². The highest BCUT2D eigenvalue weighted by molar-refractivity contribution is 7.20. The van der Waals surface area contributed by atoms with Crippen molar-refractivity contribution in [2.45, 2.75) is 40.0 Å². The fraction of sp³-hybridized carbons (Fsp3) is 0.692. The Morgan fingerprint density at radius 3 is 2.56 bits per heavy atom. The van der Waals surface area contributed by atoms with E-state index in [0.29, 0.717) is 5.92 Å². The first kappa shape index (κ1) is 13.3. The molecular formula is C13H22N4S. The van der Waals surface area contributed by atoms with Gasteiger partial charge in [0, 0.05) is 19.0 Å². The Labute approximate surface area is 113 Å². The molecule has 0 aliphatic carbocycles. The molecule has 0 atom stereocenters. The van der Waals surface area contributed by atoms with Gasteiger partial charge in [0.25, 0.3) is 0 Å². The molecule has 0 fully saturated rings. The van der Waals surface area contributed by atoms with Crippen LogP contribution in [0.25, 0.3) is 4.96 Å². The Kier molecular flexibility index (Phi) is 3.36. The van der Waals surface area contributed by atoms with Crippen LogP contribution in [-0.2, 0) is 5.41 Å². The summed E-state index contributed by atoms with van der Waals surface area (Å²) in [6, 6.07) is 0. The van der Waals surface area contributed by atoms with Crippen molar-refractivity contribution in [1.82, 2.24) is 14.6 Å². The summed E-state index contributed by atoms with van der Waals surface area (Å²) < 4.78 is 1.90. The third-order valence-electron chi connectivity index (χ3n) is 2.77. The maximum Gasteiger partial charge on any atom is 0.214 e. The molecule has 0 spiro atoms. The lowest BCUT2D eigenvalue weighted by Crippen LogP contribution is -2.22. The van der Waals surface area contributed by atoms with Gasteiger partial charge in [0.15, 0.2) is 0 Å². The molecule has 18 heavy (non-hydrogen) atoms. The van der Waals surface area contributed by atoms with Crippen molar-refractivity contribution in [3.8, 4) is 0 Å². The summed E-state index contributed by atoms with van der Waals surface area (Å²) in [4.78, 5) is 7.83. The number of aromatic nitrogens is 3. The van der Waals surface area contributed by atoms with Crippen molar-refractivity contribution < 1.29 is 0 Å². The highest BCUT2D eigenvalue weighted by Gasteiger charge is 2.20. The van der Waals surface area contributed by atoms with E-state index in [1.54, 1.807) is 11.3 Å². The zero-order valence-corrected chi connectivity index (χ0v) is 12.9. The Morgan fingerprint density at radius 1 is 1.39 bits per heavy atom. The van der Waals surface area contributed by atoms with Crippen molar-refractivity contribution >= 4 is 21.4 Å². The minimum absolute atomic E-state index is 0.0808. The lowest BCUT2D eigenvalue weighted by Gasteiger charge is -2.17. The van der Waals surface area contributed by atoms with E-state index < -0.39 is 0 Å². The Balaban J connectivity index is 2.27. The number of fused-ring (bicyclic) bond motifs is 1. The molecule has 0 saturated heterocycles. The Hall–Kier alpha value is -1.10. The first-order valence-corrected chi connectivity index (χ1v) is 7.17. The molecule has 0 aliphatic heterocycles. The van der Waals surface area contributed by atoms with Gasteiger partial charge in [0.2, 0.25) is 10.1 Å². The SMILES string of the molecule is CC(C)CN(C)c1nn2cc(C(C)(C)C)nc2s1. The summed E-state index contributed by atoms with van der Waals surface area (Å²) in [5.41, 5.74) is 1.18. The third-order valence-corrected chi connectivity index (χ3v) is 3.80. The minimum Gasteiger partial charge on any atom is -0.349 e. The van der Waals surface area contributed by atoms with E-state index in [4.69, 9.17) is 0 Å². The fourth-order valence-corrected chi connectivity index (χ4v) is 2.68. The molecule has 5 heteroatoms. The van der Waals surface area contributed by atoms with Crippen LogP contribution in [0.3, 0.4) is 0 Å². The number of nitrogens with zero attached hydrogens (tertiary/aromatic N) is 4. The summed E-state index contributed by atoms with van der Waals surface area (Å²) in [5.74, 6) is 0.636. The Bertz CT molecular complexity index is 501. The van der Waals surface area contributed by atoms with E-state index in [1.807, 2.05) is 10.7 Å². The van der Waals surface area contributed by atoms with Crippen LogP contribution in [0.2, 0.25) is 0 Å². The topological polar surface area (TPSA) is 33.4 Å². The summed E-state index contributed by atoms with van der Waals surface area (Å²) in [5, 5.41) is 5.63. The molecule has 2 rings (SSSR count). The van der Waals surface area contributed by atoms with Crippen LogP contribution in [0.1, 0.15) is 40.3 Å². The lowest BCUT2D eigenvalue weighted by atomic mass is 9.93. The highest BCUT2D eigenvalue weighted by Crippen LogP contribution is 2.27. The number of rotatable bonds is 3. The van der Waals surface area contributed by atoms with Crippen LogP contribution in [0.4, 0.5) is 5.13 Å². The normalized spacial score (nSPS) is 12.6. The monoisotopic (exact) mass is 266 g/mol. The second-order valence-corrected chi connectivity index (χ2v) is 7.20. The Morgan fingerprint density at radius 2 is 2.06 bits per heavy atom. The summed E-state index contributed by atoms with van der Waals surface area (Å²) >= 11 is 1.65. The molecular weight excluding hydrogens is 244 g/mol. The predicted molar refractivity (Wildman–Crippen MR) is 77.7 cm³/mol. The van der Waals surface area contributed by atoms with Crippen molar-refractivity contribution in [3.63, 3.8) is 0 Å². The van der Waals surface area contributed by atoms with E-state index in [-0.39, 0.29) is 5.41 Å². The number of anilines is 1. The molecule has 0 radical (unpaired) electrons. The van der Waals surface area contributed by atoms with Crippen LogP contribution >= 0.6 is 11.3 Å². The second-order valence-electron chi connectivity index (χ2n) is 6.26. The van der Waals surface area contributed by atoms with Gasteiger partial charge in [-0.05, 0) is 5.92 Å². The molecule has 0 aromatic carbocycles. The molecule has 0 aliphatic rings. The molecule has 0 saturated carbocycles. The van der Waals surface area contributed by atoms with Crippen LogP contribution in [0.15, 0.2) is 6.20 Å². The number of hydrogen-bond donors (Lipinski definition) is 0. The van der Waals surface area contributed by atoms with Gasteiger partial charge < -0.3 is 4.90 Å². The van der Waals surface area contributed by atoms with Gasteiger partial charge in [-0.1, -0.05) is 46.0 Å². The van der Waals surface area contributed by atoms with Gasteiger partial charge >= 0.3 is 0 Å². The van der Waals surface area contributed by atoms with Gasteiger partial charge in [-0.2, -0.15) is 0 Å². The summed E-state index contributed by atoms with van der Waals surface area (Å²) in [6.45, 7) is 12.0. The molecule has 100 valence electrons. The third kappa shape index (κ3) is 2.66. The van der Waals surface area contributed by atoms with Crippen LogP contribution in [0.5, 0.6) is 0 Å². The molecule has 2 aromatic rings. The fourth-order valence-electron chi connectivity index (χ4n) is 1.83. The summed E-state index contributed by atoms with van der Waals surface area (Å²) in [7, 11) is 2.09. The number of hydrogen-bond acceptors (Lipinski definition) is 4. The van der Waals surface area contributed by atoms with Crippen molar-refractivity contribution in [3.05, 3.63) is 11.9 Å². The van der Waals surface area contributed by atoms with Crippen LogP contribution < -0.4 is 4.90 Å². The van der Waals surface area contributed by atoms with E-state index in [9.17, 15) is 0 Å². The molecule has 2 heterocycles. The molecule has 0 amide bonds. The second kappa shape index (κ2) is 4.53. The number of imidazole rings is 1. The van der Waals surface area contributed by atoms with E-state index in [0.717, 1.165) is 22.3 Å². The molecule has 4 nitrogen and oxygen atoms in total. The van der Waals surface area contributed by atoms with Gasteiger partial charge in [-0.25, -0.2) is 9.50 Å². The van der Waals surface area contributed by atoms with Crippen LogP contribution in [-0.4, -0.2) is 28.2 Å². The quantitative estimate of drug-likeness (QED) is 0.855.